The topological polar surface area (TPSA) is 66.5 Å². The number of hydrogen-bond donors (Lipinski definition) is 1. The molecule has 0 saturated heterocycles. The third-order valence-electron chi connectivity index (χ3n) is 2.37. The second kappa shape index (κ2) is 5.44. The molecule has 0 fully saturated rings. The fraction of sp³-hybridized carbons (Fsp3) is 0.545. The fourth-order valence-corrected chi connectivity index (χ4v) is 1.63. The van der Waals surface area contributed by atoms with Gasteiger partial charge in [-0.3, -0.25) is 19.3 Å². The summed E-state index contributed by atoms with van der Waals surface area (Å²) in [5.41, 5.74) is 0. The van der Waals surface area contributed by atoms with Gasteiger partial charge in [-0.15, -0.1) is 0 Å². The molecule has 1 unspecified atom stereocenters. The minimum atomic E-state index is -0.253. The highest BCUT2D eigenvalue weighted by Gasteiger charge is 2.22. The Morgan fingerprint density at radius 1 is 1.38 bits per heavy atom. The largest absolute Gasteiger partial charge is 0.354 e. The number of nitrogens with zero attached hydrogens (tertiary/aromatic N) is 1. The molecule has 5 nitrogen and oxygen atoms in total. The zero-order valence-electron chi connectivity index (χ0n) is 9.53. The van der Waals surface area contributed by atoms with Crippen LogP contribution >= 0.6 is 0 Å². The van der Waals surface area contributed by atoms with Crippen LogP contribution in [0.5, 0.6) is 0 Å². The zero-order chi connectivity index (χ0) is 12.1. The minimum absolute atomic E-state index is 0.0671. The first kappa shape index (κ1) is 12.4. The molecule has 1 atom stereocenters. The lowest BCUT2D eigenvalue weighted by molar-refractivity contribution is -0.137. The lowest BCUT2D eigenvalue weighted by Gasteiger charge is -2.16. The van der Waals surface area contributed by atoms with E-state index >= 15 is 0 Å². The van der Waals surface area contributed by atoms with E-state index in [9.17, 15) is 14.4 Å². The molecule has 1 heterocycles. The Kier molecular flexibility index (Phi) is 4.22. The standard InChI is InChI=1S/C11H16N2O3/c1-8(12-9(2)14)4-3-7-13-10(15)5-6-11(13)16/h5-6,8H,3-4,7H2,1-2H3,(H,12,14). The van der Waals surface area contributed by atoms with Gasteiger partial charge in [-0.05, 0) is 19.8 Å². The molecule has 0 aromatic carbocycles. The van der Waals surface area contributed by atoms with Crippen molar-refractivity contribution in [3.8, 4) is 0 Å². The number of hydrogen-bond acceptors (Lipinski definition) is 3. The zero-order valence-corrected chi connectivity index (χ0v) is 9.53. The van der Waals surface area contributed by atoms with Crippen LogP contribution in [-0.4, -0.2) is 35.2 Å². The van der Waals surface area contributed by atoms with Crippen LogP contribution in [0.4, 0.5) is 0 Å². The van der Waals surface area contributed by atoms with E-state index in [1.807, 2.05) is 6.92 Å². The van der Waals surface area contributed by atoms with Crippen LogP contribution in [0, 0.1) is 0 Å². The number of imide groups is 1. The maximum atomic E-state index is 11.2. The Morgan fingerprint density at radius 3 is 2.44 bits per heavy atom. The molecule has 16 heavy (non-hydrogen) atoms. The van der Waals surface area contributed by atoms with Gasteiger partial charge >= 0.3 is 0 Å². The lowest BCUT2D eigenvalue weighted by atomic mass is 10.2. The van der Waals surface area contributed by atoms with E-state index in [1.165, 1.54) is 24.0 Å². The molecule has 0 aromatic rings. The number of rotatable bonds is 5. The average molecular weight is 224 g/mol. The van der Waals surface area contributed by atoms with Gasteiger partial charge in [0.1, 0.15) is 0 Å². The van der Waals surface area contributed by atoms with Gasteiger partial charge in [0.25, 0.3) is 11.8 Å². The molecule has 1 rings (SSSR count). The van der Waals surface area contributed by atoms with Crippen molar-refractivity contribution >= 4 is 17.7 Å². The fourth-order valence-electron chi connectivity index (χ4n) is 1.63. The van der Waals surface area contributed by atoms with Crippen molar-refractivity contribution in [2.75, 3.05) is 6.54 Å². The van der Waals surface area contributed by atoms with Crippen molar-refractivity contribution in [2.45, 2.75) is 32.7 Å². The Morgan fingerprint density at radius 2 is 1.94 bits per heavy atom. The normalized spacial score (nSPS) is 16.8. The highest BCUT2D eigenvalue weighted by atomic mass is 16.2. The number of carbonyl (C=O) groups excluding carboxylic acids is 3. The molecule has 0 aliphatic carbocycles. The third-order valence-corrected chi connectivity index (χ3v) is 2.37. The maximum Gasteiger partial charge on any atom is 0.253 e. The monoisotopic (exact) mass is 224 g/mol. The molecule has 1 N–H and O–H groups in total. The van der Waals surface area contributed by atoms with Gasteiger partial charge in [0.05, 0.1) is 0 Å². The number of amides is 3. The number of carbonyl (C=O) groups is 3. The van der Waals surface area contributed by atoms with E-state index in [-0.39, 0.29) is 23.8 Å². The Hall–Kier alpha value is -1.65. The van der Waals surface area contributed by atoms with E-state index in [0.717, 1.165) is 6.42 Å². The Bertz CT molecular complexity index is 318. The molecule has 5 heteroatoms. The predicted octanol–water partition coefficient (Wildman–Crippen LogP) is 0.216. The SMILES string of the molecule is CC(=O)NC(C)CCCN1C(=O)C=CC1=O. The van der Waals surface area contributed by atoms with E-state index in [1.54, 1.807) is 0 Å². The van der Waals surface area contributed by atoms with Gasteiger partial charge in [-0.1, -0.05) is 0 Å². The first-order valence-corrected chi connectivity index (χ1v) is 5.31. The van der Waals surface area contributed by atoms with Crippen LogP contribution in [0.15, 0.2) is 12.2 Å². The molecular formula is C11H16N2O3. The summed E-state index contributed by atoms with van der Waals surface area (Å²) in [5, 5.41) is 2.75. The molecule has 88 valence electrons. The van der Waals surface area contributed by atoms with Crippen molar-refractivity contribution in [2.24, 2.45) is 0 Å². The van der Waals surface area contributed by atoms with Crippen LogP contribution < -0.4 is 5.32 Å². The van der Waals surface area contributed by atoms with Gasteiger partial charge < -0.3 is 5.32 Å². The lowest BCUT2D eigenvalue weighted by Crippen LogP contribution is -2.34. The quantitative estimate of drug-likeness (QED) is 0.679. The smallest absolute Gasteiger partial charge is 0.253 e. The minimum Gasteiger partial charge on any atom is -0.354 e. The second-order valence-electron chi connectivity index (χ2n) is 3.91. The van der Waals surface area contributed by atoms with Crippen LogP contribution in [0.3, 0.4) is 0 Å². The highest BCUT2D eigenvalue weighted by Crippen LogP contribution is 2.06. The van der Waals surface area contributed by atoms with Gasteiger partial charge in [0.2, 0.25) is 5.91 Å². The molecule has 0 radical (unpaired) electrons. The molecule has 1 aliphatic rings. The maximum absolute atomic E-state index is 11.2. The summed E-state index contributed by atoms with van der Waals surface area (Å²) in [7, 11) is 0. The predicted molar refractivity (Wildman–Crippen MR) is 58.4 cm³/mol. The van der Waals surface area contributed by atoms with Crippen molar-refractivity contribution in [3.63, 3.8) is 0 Å². The van der Waals surface area contributed by atoms with Crippen LogP contribution in [-0.2, 0) is 14.4 Å². The van der Waals surface area contributed by atoms with Crippen molar-refractivity contribution in [3.05, 3.63) is 12.2 Å². The van der Waals surface area contributed by atoms with Gasteiger partial charge in [0, 0.05) is 31.7 Å². The highest BCUT2D eigenvalue weighted by molar-refractivity contribution is 6.12. The van der Waals surface area contributed by atoms with E-state index < -0.39 is 0 Å². The molecule has 3 amide bonds. The molecular weight excluding hydrogens is 208 g/mol. The molecule has 0 bridgehead atoms. The van der Waals surface area contributed by atoms with Crippen molar-refractivity contribution < 1.29 is 14.4 Å². The first-order chi connectivity index (χ1) is 7.50. The molecule has 0 aromatic heterocycles. The number of nitrogens with one attached hydrogen (secondary N) is 1. The second-order valence-corrected chi connectivity index (χ2v) is 3.91. The summed E-state index contributed by atoms with van der Waals surface area (Å²) in [6.07, 6.45) is 4.00. The summed E-state index contributed by atoms with van der Waals surface area (Å²) in [5.74, 6) is -0.572. The summed E-state index contributed by atoms with van der Waals surface area (Å²) in [4.78, 5) is 34.3. The average Bonchev–Trinajstić information content (AvgIpc) is 2.47. The summed E-state index contributed by atoms with van der Waals surface area (Å²) < 4.78 is 0. The summed E-state index contributed by atoms with van der Waals surface area (Å²) in [6, 6.07) is 0.0678. The molecule has 0 saturated carbocycles. The summed E-state index contributed by atoms with van der Waals surface area (Å²) in [6.45, 7) is 3.77. The van der Waals surface area contributed by atoms with Crippen molar-refractivity contribution in [1.82, 2.24) is 10.2 Å². The van der Waals surface area contributed by atoms with Gasteiger partial charge in [-0.25, -0.2) is 0 Å². The Balaban J connectivity index is 2.23. The summed E-state index contributed by atoms with van der Waals surface area (Å²) >= 11 is 0. The van der Waals surface area contributed by atoms with Crippen LogP contribution in [0.25, 0.3) is 0 Å². The van der Waals surface area contributed by atoms with Gasteiger partial charge in [-0.2, -0.15) is 0 Å². The Labute approximate surface area is 94.5 Å². The van der Waals surface area contributed by atoms with Crippen molar-refractivity contribution in [1.29, 1.82) is 0 Å². The third kappa shape index (κ3) is 3.49. The molecule has 0 spiro atoms. The van der Waals surface area contributed by atoms with Crippen LogP contribution in [0.1, 0.15) is 26.7 Å². The van der Waals surface area contributed by atoms with E-state index in [4.69, 9.17) is 0 Å². The van der Waals surface area contributed by atoms with E-state index in [2.05, 4.69) is 5.32 Å². The van der Waals surface area contributed by atoms with Gasteiger partial charge in [0.15, 0.2) is 0 Å². The van der Waals surface area contributed by atoms with Crippen LogP contribution in [0.2, 0.25) is 0 Å². The van der Waals surface area contributed by atoms with E-state index in [0.29, 0.717) is 13.0 Å². The molecule has 1 aliphatic heterocycles. The first-order valence-electron chi connectivity index (χ1n) is 5.31.